The molecule has 4 heteroatoms. The zero-order valence-corrected chi connectivity index (χ0v) is 8.69. The third kappa shape index (κ3) is 3.77. The van der Waals surface area contributed by atoms with E-state index in [-0.39, 0.29) is 12.5 Å². The Labute approximate surface area is 84.0 Å². The second kappa shape index (κ2) is 4.98. The van der Waals surface area contributed by atoms with Gasteiger partial charge < -0.3 is 9.84 Å². The van der Waals surface area contributed by atoms with E-state index in [0.29, 0.717) is 18.9 Å². The molecule has 0 aromatic heterocycles. The van der Waals surface area contributed by atoms with Crippen molar-refractivity contribution in [3.8, 4) is 0 Å². The number of nitrogens with zero attached hydrogens (tertiary/aromatic N) is 1. The Hall–Kier alpha value is -1.06. The molecule has 80 valence electrons. The topological polar surface area (TPSA) is 58.9 Å². The van der Waals surface area contributed by atoms with Crippen molar-refractivity contribution in [2.24, 2.45) is 10.9 Å². The first-order valence-electron chi connectivity index (χ1n) is 4.99. The van der Waals surface area contributed by atoms with E-state index < -0.39 is 5.97 Å². The monoisotopic (exact) mass is 199 g/mol. The number of hydrogen-bond acceptors (Lipinski definition) is 3. The van der Waals surface area contributed by atoms with Crippen LogP contribution in [0, 0.1) is 5.92 Å². The predicted octanol–water partition coefficient (Wildman–Crippen LogP) is 1.69. The minimum Gasteiger partial charge on any atom is -0.481 e. The Kier molecular flexibility index (Phi) is 3.92. The van der Waals surface area contributed by atoms with E-state index in [1.54, 1.807) is 0 Å². The molecule has 1 unspecified atom stereocenters. The third-order valence-corrected chi connectivity index (χ3v) is 2.04. The third-order valence-electron chi connectivity index (χ3n) is 2.04. The minimum absolute atomic E-state index is 0.0140. The molecule has 0 aromatic rings. The van der Waals surface area contributed by atoms with Crippen LogP contribution in [0.2, 0.25) is 0 Å². The van der Waals surface area contributed by atoms with Crippen molar-refractivity contribution in [2.45, 2.75) is 39.2 Å². The fraction of sp³-hybridized carbons (Fsp3) is 0.800. The Morgan fingerprint density at radius 2 is 2.43 bits per heavy atom. The molecule has 0 bridgehead atoms. The second-order valence-corrected chi connectivity index (χ2v) is 4.00. The summed E-state index contributed by atoms with van der Waals surface area (Å²) >= 11 is 0. The first kappa shape index (κ1) is 11.0. The Bertz CT molecular complexity index is 236. The highest BCUT2D eigenvalue weighted by Crippen LogP contribution is 2.15. The number of carboxylic acids is 1. The molecule has 0 amide bonds. The van der Waals surface area contributed by atoms with Crippen LogP contribution >= 0.6 is 0 Å². The maximum Gasteiger partial charge on any atom is 0.303 e. The largest absolute Gasteiger partial charge is 0.481 e. The number of aliphatic imine (C=N–C) groups is 1. The highest BCUT2D eigenvalue weighted by Gasteiger charge is 2.20. The van der Waals surface area contributed by atoms with Crippen molar-refractivity contribution in [3.05, 3.63) is 0 Å². The van der Waals surface area contributed by atoms with Crippen molar-refractivity contribution in [1.29, 1.82) is 0 Å². The van der Waals surface area contributed by atoms with Crippen LogP contribution in [0.5, 0.6) is 0 Å². The van der Waals surface area contributed by atoms with Gasteiger partial charge >= 0.3 is 5.97 Å². The number of hydrogen-bond donors (Lipinski definition) is 1. The zero-order chi connectivity index (χ0) is 10.6. The molecule has 1 heterocycles. The van der Waals surface area contributed by atoms with Gasteiger partial charge in [-0.3, -0.25) is 9.79 Å². The number of carbonyl (C=O) groups is 1. The van der Waals surface area contributed by atoms with Crippen LogP contribution in [0.4, 0.5) is 0 Å². The Morgan fingerprint density at radius 1 is 1.71 bits per heavy atom. The molecule has 14 heavy (non-hydrogen) atoms. The molecule has 0 aromatic carbocycles. The molecule has 0 saturated heterocycles. The Morgan fingerprint density at radius 3 is 3.00 bits per heavy atom. The van der Waals surface area contributed by atoms with Crippen LogP contribution in [-0.4, -0.2) is 29.6 Å². The van der Waals surface area contributed by atoms with Gasteiger partial charge in [-0.15, -0.1) is 0 Å². The molecule has 4 nitrogen and oxygen atoms in total. The minimum atomic E-state index is -0.772. The second-order valence-electron chi connectivity index (χ2n) is 4.00. The number of ether oxygens (including phenoxy) is 1. The van der Waals surface area contributed by atoms with Gasteiger partial charge in [-0.1, -0.05) is 13.8 Å². The zero-order valence-electron chi connectivity index (χ0n) is 8.69. The lowest BCUT2D eigenvalue weighted by molar-refractivity contribution is -0.137. The van der Waals surface area contributed by atoms with Crippen LogP contribution in [-0.2, 0) is 9.53 Å². The molecule has 1 rings (SSSR count). The van der Waals surface area contributed by atoms with E-state index >= 15 is 0 Å². The normalized spacial score (nSPS) is 20.8. The average molecular weight is 199 g/mol. The molecule has 1 aliphatic heterocycles. The van der Waals surface area contributed by atoms with Gasteiger partial charge in [0.15, 0.2) is 5.90 Å². The van der Waals surface area contributed by atoms with Crippen LogP contribution < -0.4 is 0 Å². The number of carboxylic acid groups (broad SMARTS) is 1. The van der Waals surface area contributed by atoms with E-state index in [4.69, 9.17) is 9.84 Å². The van der Waals surface area contributed by atoms with Crippen molar-refractivity contribution in [2.75, 3.05) is 6.54 Å². The van der Waals surface area contributed by atoms with Crippen molar-refractivity contribution >= 4 is 11.9 Å². The SMILES string of the molecule is CC(C)CC1=NCC(CCC(=O)O)O1. The highest BCUT2D eigenvalue weighted by atomic mass is 16.5. The van der Waals surface area contributed by atoms with Crippen LogP contribution in [0.1, 0.15) is 33.1 Å². The van der Waals surface area contributed by atoms with Gasteiger partial charge in [0.1, 0.15) is 6.10 Å². The lowest BCUT2D eigenvalue weighted by atomic mass is 10.1. The maximum atomic E-state index is 10.3. The molecule has 0 radical (unpaired) electrons. The van der Waals surface area contributed by atoms with Crippen molar-refractivity contribution in [1.82, 2.24) is 0 Å². The van der Waals surface area contributed by atoms with Crippen molar-refractivity contribution < 1.29 is 14.6 Å². The summed E-state index contributed by atoms with van der Waals surface area (Å²) in [5.41, 5.74) is 0. The van der Waals surface area contributed by atoms with Crippen LogP contribution in [0.3, 0.4) is 0 Å². The van der Waals surface area contributed by atoms with E-state index in [1.165, 1.54) is 0 Å². The average Bonchev–Trinajstić information content (AvgIpc) is 2.47. The van der Waals surface area contributed by atoms with Crippen molar-refractivity contribution in [3.63, 3.8) is 0 Å². The van der Waals surface area contributed by atoms with Gasteiger partial charge in [-0.2, -0.15) is 0 Å². The summed E-state index contributed by atoms with van der Waals surface area (Å²) in [5, 5.41) is 8.49. The summed E-state index contributed by atoms with van der Waals surface area (Å²) < 4.78 is 5.51. The molecular formula is C10H17NO3. The standard InChI is InChI=1S/C10H17NO3/c1-7(2)5-9-11-6-8(14-9)3-4-10(12)13/h7-8H,3-6H2,1-2H3,(H,12,13). The van der Waals surface area contributed by atoms with Gasteiger partial charge in [-0.25, -0.2) is 0 Å². The fourth-order valence-electron chi connectivity index (χ4n) is 1.37. The van der Waals surface area contributed by atoms with Crippen LogP contribution in [0.25, 0.3) is 0 Å². The smallest absolute Gasteiger partial charge is 0.303 e. The van der Waals surface area contributed by atoms with Gasteiger partial charge in [0.25, 0.3) is 0 Å². The molecule has 1 aliphatic rings. The maximum absolute atomic E-state index is 10.3. The van der Waals surface area contributed by atoms with Crippen LogP contribution in [0.15, 0.2) is 4.99 Å². The molecule has 0 fully saturated rings. The predicted molar refractivity (Wildman–Crippen MR) is 53.5 cm³/mol. The van der Waals surface area contributed by atoms with E-state index in [2.05, 4.69) is 18.8 Å². The molecular weight excluding hydrogens is 182 g/mol. The Balaban J connectivity index is 2.21. The summed E-state index contributed by atoms with van der Waals surface area (Å²) in [6.07, 6.45) is 1.55. The van der Waals surface area contributed by atoms with E-state index in [1.807, 2.05) is 0 Å². The summed E-state index contributed by atoms with van der Waals surface area (Å²) in [4.78, 5) is 14.6. The lowest BCUT2D eigenvalue weighted by Gasteiger charge is -2.10. The molecule has 1 N–H and O–H groups in total. The molecule has 0 spiro atoms. The van der Waals surface area contributed by atoms with E-state index in [0.717, 1.165) is 12.3 Å². The quantitative estimate of drug-likeness (QED) is 0.733. The molecule has 0 aliphatic carbocycles. The summed E-state index contributed by atoms with van der Waals surface area (Å²) in [6.45, 7) is 4.84. The van der Waals surface area contributed by atoms with Gasteiger partial charge in [0.05, 0.1) is 6.54 Å². The first-order chi connectivity index (χ1) is 6.58. The van der Waals surface area contributed by atoms with E-state index in [9.17, 15) is 4.79 Å². The van der Waals surface area contributed by atoms with Gasteiger partial charge in [0, 0.05) is 12.8 Å². The number of rotatable bonds is 5. The fourth-order valence-corrected chi connectivity index (χ4v) is 1.37. The summed E-state index contributed by atoms with van der Waals surface area (Å²) in [6, 6.07) is 0. The summed E-state index contributed by atoms with van der Waals surface area (Å²) in [7, 11) is 0. The van der Waals surface area contributed by atoms with Gasteiger partial charge in [0.2, 0.25) is 0 Å². The number of aliphatic carboxylic acids is 1. The summed E-state index contributed by atoms with van der Waals surface area (Å²) in [5.74, 6) is 0.549. The highest BCUT2D eigenvalue weighted by molar-refractivity contribution is 5.77. The van der Waals surface area contributed by atoms with Gasteiger partial charge in [-0.05, 0) is 12.3 Å². The first-order valence-corrected chi connectivity index (χ1v) is 4.99. The lowest BCUT2D eigenvalue weighted by Crippen LogP contribution is -2.15. The molecule has 0 saturated carbocycles. The molecule has 1 atom stereocenters.